The summed E-state index contributed by atoms with van der Waals surface area (Å²) in [4.78, 5) is 57.6. The Morgan fingerprint density at radius 3 is 2.40 bits per heavy atom. The molecule has 1 saturated carbocycles. The Balaban J connectivity index is 1.62. The number of anilines is 1. The molecule has 3 aliphatic carbocycles. The number of likely N-dealkylation sites (N-methyl/N-ethyl adjacent to an activating group) is 2. The second-order valence-corrected chi connectivity index (χ2v) is 12.5. The number of Topliss-reactive ketones (excluding diaryl/α,β-unsaturated/α-hetero) is 2. The summed E-state index contributed by atoms with van der Waals surface area (Å²) in [5.74, 6) is -7.18. The number of nitrogens with one attached hydrogen (secondary N) is 1. The summed E-state index contributed by atoms with van der Waals surface area (Å²) in [5.41, 5.74) is 3.12. The van der Waals surface area contributed by atoms with E-state index in [0.717, 1.165) is 19.4 Å². The normalized spacial score (nSPS) is 29.0. The molecule has 5 rings (SSSR count). The number of likely N-dealkylation sites (tertiary alicyclic amines) is 1. The maximum absolute atomic E-state index is 14.1. The first kappa shape index (κ1) is 30.5. The van der Waals surface area contributed by atoms with Crippen molar-refractivity contribution in [3.63, 3.8) is 0 Å². The Hall–Kier alpha value is -3.94. The quantitative estimate of drug-likeness (QED) is 0.236. The van der Waals surface area contributed by atoms with Crippen LogP contribution in [0.3, 0.4) is 0 Å². The lowest BCUT2D eigenvalue weighted by Crippen LogP contribution is -2.65. The number of aromatic hydroxyl groups is 1. The molecular weight excluding hydrogens is 558 g/mol. The predicted octanol–water partition coefficient (Wildman–Crippen LogP) is -0.260. The summed E-state index contributed by atoms with van der Waals surface area (Å²) < 4.78 is 0. The smallest absolute Gasteiger partial charge is 0.255 e. The molecule has 4 aliphatic rings. The van der Waals surface area contributed by atoms with Crippen LogP contribution in [0.1, 0.15) is 36.0 Å². The summed E-state index contributed by atoms with van der Waals surface area (Å²) >= 11 is 0. The Bertz CT molecular complexity index is 1500. The average molecular weight is 598 g/mol. The third-order valence-electron chi connectivity index (χ3n) is 9.53. The van der Waals surface area contributed by atoms with E-state index in [1.807, 2.05) is 11.9 Å². The zero-order chi connectivity index (χ0) is 31.7. The number of aliphatic hydroxyl groups is 3. The van der Waals surface area contributed by atoms with Gasteiger partial charge in [0.15, 0.2) is 11.4 Å². The Morgan fingerprint density at radius 2 is 1.84 bits per heavy atom. The highest BCUT2D eigenvalue weighted by molar-refractivity contribution is 6.24. The second-order valence-electron chi connectivity index (χ2n) is 12.5. The number of phenolic OH excluding ortho intramolecular Hbond substituents is 1. The van der Waals surface area contributed by atoms with Gasteiger partial charge in [-0.25, -0.2) is 0 Å². The van der Waals surface area contributed by atoms with Gasteiger partial charge in [0.05, 0.1) is 17.6 Å². The van der Waals surface area contributed by atoms with Crippen molar-refractivity contribution in [3.05, 3.63) is 39.7 Å². The molecule has 5 atom stereocenters. The summed E-state index contributed by atoms with van der Waals surface area (Å²) in [5, 5.41) is 48.7. The molecule has 13 heteroatoms. The van der Waals surface area contributed by atoms with Crippen LogP contribution in [0.25, 0.3) is 5.76 Å². The number of fused-ring (bicyclic) bond motifs is 3. The minimum absolute atomic E-state index is 0.00606. The van der Waals surface area contributed by atoms with Crippen molar-refractivity contribution in [2.45, 2.75) is 49.9 Å². The van der Waals surface area contributed by atoms with Gasteiger partial charge < -0.3 is 36.4 Å². The molecule has 2 amide bonds. The maximum Gasteiger partial charge on any atom is 0.255 e. The minimum atomic E-state index is -2.70. The number of primary amides is 1. The van der Waals surface area contributed by atoms with Crippen LogP contribution in [-0.4, -0.2) is 113 Å². The van der Waals surface area contributed by atoms with E-state index in [1.165, 1.54) is 4.90 Å². The Morgan fingerprint density at radius 1 is 1.16 bits per heavy atom. The molecule has 232 valence electrons. The maximum atomic E-state index is 14.1. The van der Waals surface area contributed by atoms with E-state index in [-0.39, 0.29) is 48.2 Å². The Labute approximate surface area is 249 Å². The molecule has 0 bridgehead atoms. The zero-order valence-corrected chi connectivity index (χ0v) is 25.0. The summed E-state index contributed by atoms with van der Waals surface area (Å²) in [6.07, 6.45) is 1.81. The number of ketones is 2. The zero-order valence-electron chi connectivity index (χ0n) is 25.0. The number of hydrogen-bond donors (Lipinski definition) is 6. The Kier molecular flexibility index (Phi) is 7.56. The van der Waals surface area contributed by atoms with Gasteiger partial charge in [-0.3, -0.25) is 29.0 Å². The number of amides is 2. The SMILES string of the molecule is CN(C)c1cc(CNC(=O)[C@@H]2CCCN2C)c(O)c2c1C[C@H]1C[C@H]3[C@H](N(C)C)C(=O)C(C(N)=O)=C(O)[C@@]3(O)C(=O)C1=C2O. The molecule has 1 aromatic rings. The van der Waals surface area contributed by atoms with E-state index in [0.29, 0.717) is 16.8 Å². The van der Waals surface area contributed by atoms with Crippen molar-refractivity contribution in [2.24, 2.45) is 17.6 Å². The van der Waals surface area contributed by atoms with Crippen LogP contribution in [0.4, 0.5) is 5.69 Å². The van der Waals surface area contributed by atoms with Gasteiger partial charge in [-0.2, -0.15) is 0 Å². The molecule has 43 heavy (non-hydrogen) atoms. The van der Waals surface area contributed by atoms with E-state index in [2.05, 4.69) is 5.32 Å². The summed E-state index contributed by atoms with van der Waals surface area (Å²) in [6.45, 7) is 0.777. The van der Waals surface area contributed by atoms with Gasteiger partial charge in [0.25, 0.3) is 5.91 Å². The van der Waals surface area contributed by atoms with Gasteiger partial charge in [-0.15, -0.1) is 0 Å². The van der Waals surface area contributed by atoms with Crippen molar-refractivity contribution >= 4 is 34.8 Å². The van der Waals surface area contributed by atoms with Crippen LogP contribution in [-0.2, 0) is 32.1 Å². The first-order valence-electron chi connectivity index (χ1n) is 14.3. The molecule has 1 saturated heterocycles. The first-order valence-corrected chi connectivity index (χ1v) is 14.3. The predicted molar refractivity (Wildman–Crippen MR) is 156 cm³/mol. The molecular formula is C30H39N5O8. The topological polar surface area (TPSA) is 197 Å². The highest BCUT2D eigenvalue weighted by Gasteiger charge is 2.64. The van der Waals surface area contributed by atoms with Gasteiger partial charge in [0.1, 0.15) is 22.8 Å². The minimum Gasteiger partial charge on any atom is -0.508 e. The van der Waals surface area contributed by atoms with E-state index in [9.17, 15) is 39.6 Å². The van der Waals surface area contributed by atoms with Crippen molar-refractivity contribution in [3.8, 4) is 5.75 Å². The molecule has 1 heterocycles. The second kappa shape index (κ2) is 10.6. The van der Waals surface area contributed by atoms with Gasteiger partial charge in [-0.05, 0) is 70.9 Å². The third-order valence-corrected chi connectivity index (χ3v) is 9.53. The monoisotopic (exact) mass is 597 g/mol. The molecule has 1 aromatic carbocycles. The van der Waals surface area contributed by atoms with Crippen LogP contribution in [0.15, 0.2) is 23.0 Å². The van der Waals surface area contributed by atoms with Crippen LogP contribution in [0.5, 0.6) is 5.75 Å². The standard InChI is InChI=1S/C30H39N5O8/c1-33(2)18-11-14(12-32-29(42)17-7-6-8-35(17)5)23(36)20-15(18)9-13-10-16-22(34(3)4)25(38)21(28(31)41)27(40)30(16,43)26(39)19(13)24(20)37/h11,13,16-17,22,36-37,40,43H,6-10,12H2,1-5H3,(H2,31,41)(H,32,42)/t13-,16-,17-,22-,30-/m0/s1. The lowest BCUT2D eigenvalue weighted by atomic mass is 9.57. The molecule has 1 aliphatic heterocycles. The lowest BCUT2D eigenvalue weighted by Gasteiger charge is -2.50. The number of nitrogens with two attached hydrogens (primary N) is 1. The largest absolute Gasteiger partial charge is 0.508 e. The molecule has 0 aromatic heterocycles. The number of phenols is 1. The number of aliphatic hydroxyl groups excluding tert-OH is 2. The van der Waals surface area contributed by atoms with Crippen LogP contribution < -0.4 is 16.0 Å². The van der Waals surface area contributed by atoms with Gasteiger partial charge in [0.2, 0.25) is 11.7 Å². The number of rotatable bonds is 6. The highest BCUT2D eigenvalue weighted by atomic mass is 16.3. The molecule has 0 unspecified atom stereocenters. The van der Waals surface area contributed by atoms with Gasteiger partial charge in [-0.1, -0.05) is 0 Å². The number of carbonyl (C=O) groups excluding carboxylic acids is 4. The fourth-order valence-electron chi connectivity index (χ4n) is 7.42. The fourth-order valence-corrected chi connectivity index (χ4v) is 7.42. The molecule has 13 nitrogen and oxygen atoms in total. The number of hydrogen-bond acceptors (Lipinski definition) is 11. The van der Waals surface area contributed by atoms with E-state index in [1.54, 1.807) is 39.2 Å². The van der Waals surface area contributed by atoms with E-state index >= 15 is 0 Å². The van der Waals surface area contributed by atoms with Crippen molar-refractivity contribution < 1.29 is 39.6 Å². The van der Waals surface area contributed by atoms with Gasteiger partial charge >= 0.3 is 0 Å². The van der Waals surface area contributed by atoms with Crippen molar-refractivity contribution in [2.75, 3.05) is 46.7 Å². The number of carbonyl (C=O) groups is 4. The summed E-state index contributed by atoms with van der Waals surface area (Å²) in [7, 11) is 8.57. The number of benzene rings is 1. The number of nitrogens with zero attached hydrogens (tertiary/aromatic N) is 3. The molecule has 7 N–H and O–H groups in total. The first-order chi connectivity index (χ1) is 20.1. The lowest BCUT2D eigenvalue weighted by molar-refractivity contribution is -0.153. The molecule has 0 radical (unpaired) electrons. The molecule has 2 fully saturated rings. The van der Waals surface area contributed by atoms with Crippen molar-refractivity contribution in [1.29, 1.82) is 0 Å². The van der Waals surface area contributed by atoms with Gasteiger partial charge in [0, 0.05) is 43.4 Å². The molecule has 0 spiro atoms. The van der Waals surface area contributed by atoms with Crippen LogP contribution in [0, 0.1) is 11.8 Å². The van der Waals surface area contributed by atoms with E-state index < -0.39 is 58.0 Å². The third kappa shape index (κ3) is 4.48. The average Bonchev–Trinajstić information content (AvgIpc) is 3.35. The van der Waals surface area contributed by atoms with Crippen molar-refractivity contribution in [1.82, 2.24) is 15.1 Å². The van der Waals surface area contributed by atoms with E-state index in [4.69, 9.17) is 5.73 Å². The van der Waals surface area contributed by atoms with Crippen LogP contribution in [0.2, 0.25) is 0 Å². The summed E-state index contributed by atoms with van der Waals surface area (Å²) in [6, 6.07) is 0.299. The fraction of sp³-hybridized carbons (Fsp3) is 0.533. The van der Waals surface area contributed by atoms with Crippen LogP contribution >= 0.6 is 0 Å². The highest BCUT2D eigenvalue weighted by Crippen LogP contribution is 2.54.